The molecule has 0 N–H and O–H groups in total. The molecule has 3 unspecified atom stereocenters. The fourth-order valence-corrected chi connectivity index (χ4v) is 7.21. The third kappa shape index (κ3) is 9.07. The molecule has 1 aliphatic heterocycles. The van der Waals surface area contributed by atoms with Crippen LogP contribution in [0, 0.1) is 11.3 Å². The third-order valence-corrected chi connectivity index (χ3v) is 9.78. The molecule has 0 radical (unpaired) electrons. The number of rotatable bonds is 17. The first-order chi connectivity index (χ1) is 23.2. The quantitative estimate of drug-likeness (QED) is 0.109. The zero-order chi connectivity index (χ0) is 32.2. The van der Waals surface area contributed by atoms with Crippen LogP contribution in [0.25, 0.3) is 0 Å². The fourth-order valence-electron chi connectivity index (χ4n) is 7.21. The van der Waals surface area contributed by atoms with Gasteiger partial charge in [-0.1, -0.05) is 134 Å². The molecule has 4 aromatic rings. The van der Waals surface area contributed by atoms with Crippen LogP contribution in [0.2, 0.25) is 0 Å². The Labute approximate surface area is 280 Å². The largest absolute Gasteiger partial charge is 0.375 e. The first-order valence-corrected chi connectivity index (χ1v) is 17.0. The molecule has 2 fully saturated rings. The second kappa shape index (κ2) is 17.0. The minimum atomic E-state index is -0.456. The van der Waals surface area contributed by atoms with E-state index in [-0.39, 0.29) is 17.6 Å². The summed E-state index contributed by atoms with van der Waals surface area (Å²) in [5.74, 6) is 0.449. The van der Waals surface area contributed by atoms with E-state index in [1.165, 1.54) is 12.8 Å². The summed E-state index contributed by atoms with van der Waals surface area (Å²) in [6.45, 7) is 7.05. The third-order valence-electron chi connectivity index (χ3n) is 9.78. The molecule has 6 atom stereocenters. The molecule has 1 aliphatic carbocycles. The predicted octanol–water partition coefficient (Wildman–Crippen LogP) is 8.72. The Bertz CT molecular complexity index is 1460. The van der Waals surface area contributed by atoms with Gasteiger partial charge in [-0.25, -0.2) is 0 Å². The molecule has 1 heterocycles. The van der Waals surface area contributed by atoms with E-state index in [2.05, 4.69) is 73.3 Å². The Hall–Kier alpha value is -3.58. The Kier molecular flexibility index (Phi) is 12.1. The Morgan fingerprint density at radius 2 is 1.19 bits per heavy atom. The predicted molar refractivity (Wildman–Crippen MR) is 185 cm³/mol. The second-order valence-corrected chi connectivity index (χ2v) is 13.0. The summed E-state index contributed by atoms with van der Waals surface area (Å²) >= 11 is 0. The van der Waals surface area contributed by atoms with Gasteiger partial charge in [-0.05, 0) is 47.4 Å². The van der Waals surface area contributed by atoms with E-state index < -0.39 is 12.2 Å². The summed E-state index contributed by atoms with van der Waals surface area (Å²) in [5.41, 5.74) is 4.51. The maximum Gasteiger partial charge on any atom is 0.115 e. The molecule has 5 heteroatoms. The van der Waals surface area contributed by atoms with Crippen molar-refractivity contribution in [2.24, 2.45) is 11.3 Å². The minimum Gasteiger partial charge on any atom is -0.375 e. The fraction of sp³-hybridized carbons (Fsp3) is 0.381. The summed E-state index contributed by atoms with van der Waals surface area (Å²) < 4.78 is 33.7. The van der Waals surface area contributed by atoms with E-state index in [4.69, 9.17) is 23.7 Å². The lowest BCUT2D eigenvalue weighted by molar-refractivity contribution is -0.192. The SMILES string of the molecule is C=CC1CCCC12COC([C@@H](OCc1ccccc1)[C@H](OCc1ccccc1)[C@@H](COCc1ccccc1)OCc1ccccc1)C2. The summed E-state index contributed by atoms with van der Waals surface area (Å²) in [4.78, 5) is 0. The van der Waals surface area contributed by atoms with Gasteiger partial charge in [0.15, 0.2) is 0 Å². The van der Waals surface area contributed by atoms with E-state index in [0.717, 1.165) is 35.1 Å². The van der Waals surface area contributed by atoms with Gasteiger partial charge in [0.25, 0.3) is 0 Å². The summed E-state index contributed by atoms with van der Waals surface area (Å²) in [7, 11) is 0. The van der Waals surface area contributed by atoms with Crippen LogP contribution in [0.15, 0.2) is 134 Å². The molecule has 1 spiro atoms. The smallest absolute Gasteiger partial charge is 0.115 e. The van der Waals surface area contributed by atoms with Gasteiger partial charge in [0.1, 0.15) is 18.3 Å². The van der Waals surface area contributed by atoms with E-state index in [1.807, 2.05) is 60.7 Å². The van der Waals surface area contributed by atoms with Crippen molar-refractivity contribution in [1.82, 2.24) is 0 Å². The number of ether oxygens (including phenoxy) is 5. The van der Waals surface area contributed by atoms with Gasteiger partial charge in [0.05, 0.1) is 45.7 Å². The Morgan fingerprint density at radius 1 is 0.681 bits per heavy atom. The highest BCUT2D eigenvalue weighted by atomic mass is 16.6. The summed E-state index contributed by atoms with van der Waals surface area (Å²) in [5, 5.41) is 0. The minimum absolute atomic E-state index is 0.0922. The highest BCUT2D eigenvalue weighted by Crippen LogP contribution is 2.52. The zero-order valence-corrected chi connectivity index (χ0v) is 27.3. The molecular formula is C42H48O5. The van der Waals surface area contributed by atoms with Crippen LogP contribution in [0.1, 0.15) is 47.9 Å². The average molecular weight is 633 g/mol. The van der Waals surface area contributed by atoms with Gasteiger partial charge in [0, 0.05) is 5.41 Å². The van der Waals surface area contributed by atoms with Crippen LogP contribution in [0.3, 0.4) is 0 Å². The van der Waals surface area contributed by atoms with Crippen molar-refractivity contribution < 1.29 is 23.7 Å². The standard InChI is InChI=1S/C42H48O5/c1-2-37-24-15-25-42(37)26-38(47-32-42)40(45-29-35-20-11-5-12-21-35)41(46-30-36-22-13-6-14-23-36)39(44-28-34-18-9-4-10-19-34)31-43-27-33-16-7-3-8-17-33/h2-14,16-23,37-41H,1,15,24-32H2/t37?,38?,39-,40-,41-,42?/m1/s1. The zero-order valence-electron chi connectivity index (χ0n) is 27.3. The molecule has 0 aromatic heterocycles. The monoisotopic (exact) mass is 632 g/mol. The molecule has 5 nitrogen and oxygen atoms in total. The first kappa shape index (κ1) is 33.3. The van der Waals surface area contributed by atoms with Gasteiger partial charge in [-0.3, -0.25) is 0 Å². The lowest BCUT2D eigenvalue weighted by atomic mass is 9.75. The van der Waals surface area contributed by atoms with E-state index in [9.17, 15) is 0 Å². The number of hydrogen-bond donors (Lipinski definition) is 0. The van der Waals surface area contributed by atoms with Crippen molar-refractivity contribution in [2.75, 3.05) is 13.2 Å². The van der Waals surface area contributed by atoms with Crippen LogP contribution in [0.4, 0.5) is 0 Å². The van der Waals surface area contributed by atoms with E-state index >= 15 is 0 Å². The van der Waals surface area contributed by atoms with Gasteiger partial charge < -0.3 is 23.7 Å². The molecular weight excluding hydrogens is 584 g/mol. The van der Waals surface area contributed by atoms with E-state index in [1.54, 1.807) is 0 Å². The number of allylic oxidation sites excluding steroid dienone is 1. The summed E-state index contributed by atoms with van der Waals surface area (Å²) in [6.07, 6.45) is 5.16. The molecule has 6 rings (SSSR count). The second-order valence-electron chi connectivity index (χ2n) is 13.0. The maximum atomic E-state index is 6.92. The molecule has 1 saturated heterocycles. The van der Waals surface area contributed by atoms with Crippen molar-refractivity contribution in [3.05, 3.63) is 156 Å². The van der Waals surface area contributed by atoms with Gasteiger partial charge in [-0.2, -0.15) is 0 Å². The number of hydrogen-bond acceptors (Lipinski definition) is 5. The molecule has 0 bridgehead atoms. The first-order valence-electron chi connectivity index (χ1n) is 17.0. The van der Waals surface area contributed by atoms with Gasteiger partial charge in [-0.15, -0.1) is 6.58 Å². The van der Waals surface area contributed by atoms with Crippen molar-refractivity contribution in [1.29, 1.82) is 0 Å². The molecule has 0 amide bonds. The van der Waals surface area contributed by atoms with Crippen LogP contribution in [-0.2, 0) is 50.1 Å². The van der Waals surface area contributed by atoms with Crippen molar-refractivity contribution in [2.45, 2.75) is 76.5 Å². The van der Waals surface area contributed by atoms with Crippen LogP contribution >= 0.6 is 0 Å². The molecule has 4 aromatic carbocycles. The topological polar surface area (TPSA) is 46.2 Å². The molecule has 2 aliphatic rings. The van der Waals surface area contributed by atoms with Crippen LogP contribution < -0.4 is 0 Å². The number of benzene rings is 4. The normalized spacial score (nSPS) is 22.6. The Morgan fingerprint density at radius 3 is 1.74 bits per heavy atom. The van der Waals surface area contributed by atoms with Crippen molar-refractivity contribution in [3.63, 3.8) is 0 Å². The summed E-state index contributed by atoms with van der Waals surface area (Å²) in [6, 6.07) is 41.2. The maximum absolute atomic E-state index is 6.92. The highest BCUT2D eigenvalue weighted by molar-refractivity contribution is 5.16. The molecule has 47 heavy (non-hydrogen) atoms. The average Bonchev–Trinajstić information content (AvgIpc) is 3.75. The van der Waals surface area contributed by atoms with E-state index in [0.29, 0.717) is 45.6 Å². The van der Waals surface area contributed by atoms with Crippen molar-refractivity contribution >= 4 is 0 Å². The molecule has 246 valence electrons. The van der Waals surface area contributed by atoms with Crippen molar-refractivity contribution in [3.8, 4) is 0 Å². The lowest BCUT2D eigenvalue weighted by Crippen LogP contribution is -2.50. The highest BCUT2D eigenvalue weighted by Gasteiger charge is 2.52. The lowest BCUT2D eigenvalue weighted by Gasteiger charge is -2.37. The Balaban J connectivity index is 1.30. The van der Waals surface area contributed by atoms with Crippen LogP contribution in [-0.4, -0.2) is 37.6 Å². The molecule has 1 saturated carbocycles. The van der Waals surface area contributed by atoms with Gasteiger partial charge in [0.2, 0.25) is 0 Å². The van der Waals surface area contributed by atoms with Crippen LogP contribution in [0.5, 0.6) is 0 Å². The van der Waals surface area contributed by atoms with Gasteiger partial charge >= 0.3 is 0 Å².